The Hall–Kier alpha value is -1.96. The van der Waals surface area contributed by atoms with Gasteiger partial charge in [-0.3, -0.25) is 9.78 Å². The van der Waals surface area contributed by atoms with Crippen LogP contribution in [0.2, 0.25) is 0 Å². The number of rotatable bonds is 5. The SMILES string of the molecule is CCCC(C(=O)Nc1ccc(C(F)(F)F)cn1)c1cncc(Br)c1. The molecule has 0 saturated carbocycles. The van der Waals surface area contributed by atoms with E-state index in [2.05, 4.69) is 31.2 Å². The van der Waals surface area contributed by atoms with Crippen LogP contribution in [-0.2, 0) is 11.0 Å². The Morgan fingerprint density at radius 3 is 2.58 bits per heavy atom. The average Bonchev–Trinajstić information content (AvgIpc) is 2.52. The topological polar surface area (TPSA) is 54.9 Å². The van der Waals surface area contributed by atoms with Crippen molar-refractivity contribution in [3.63, 3.8) is 0 Å². The van der Waals surface area contributed by atoms with E-state index in [0.717, 1.165) is 28.6 Å². The third kappa shape index (κ3) is 4.77. The molecule has 1 N–H and O–H groups in total. The fourth-order valence-corrected chi connectivity index (χ4v) is 2.59. The molecule has 0 aliphatic heterocycles. The van der Waals surface area contributed by atoms with E-state index in [-0.39, 0.29) is 11.7 Å². The first-order valence-corrected chi connectivity index (χ1v) is 8.05. The maximum absolute atomic E-state index is 12.5. The van der Waals surface area contributed by atoms with Crippen molar-refractivity contribution < 1.29 is 18.0 Å². The molecule has 2 rings (SSSR count). The molecule has 8 heteroatoms. The highest BCUT2D eigenvalue weighted by Crippen LogP contribution is 2.29. The number of halogens is 4. The van der Waals surface area contributed by atoms with Gasteiger partial charge in [-0.1, -0.05) is 13.3 Å². The van der Waals surface area contributed by atoms with E-state index in [0.29, 0.717) is 12.6 Å². The summed E-state index contributed by atoms with van der Waals surface area (Å²) >= 11 is 3.31. The van der Waals surface area contributed by atoms with Gasteiger partial charge < -0.3 is 5.32 Å². The van der Waals surface area contributed by atoms with Crippen molar-refractivity contribution in [3.8, 4) is 0 Å². The molecule has 2 heterocycles. The molecule has 0 saturated heterocycles. The van der Waals surface area contributed by atoms with E-state index >= 15 is 0 Å². The summed E-state index contributed by atoms with van der Waals surface area (Å²) in [4.78, 5) is 20.2. The van der Waals surface area contributed by atoms with Gasteiger partial charge in [0.15, 0.2) is 0 Å². The number of hydrogen-bond acceptors (Lipinski definition) is 3. The van der Waals surface area contributed by atoms with E-state index in [1.165, 1.54) is 0 Å². The minimum Gasteiger partial charge on any atom is -0.310 e. The van der Waals surface area contributed by atoms with Crippen LogP contribution in [0.3, 0.4) is 0 Å². The molecule has 0 bridgehead atoms. The molecule has 0 radical (unpaired) electrons. The van der Waals surface area contributed by atoms with Gasteiger partial charge in [0.1, 0.15) is 5.82 Å². The summed E-state index contributed by atoms with van der Waals surface area (Å²) in [7, 11) is 0. The van der Waals surface area contributed by atoms with Crippen molar-refractivity contribution >= 4 is 27.7 Å². The van der Waals surface area contributed by atoms with Crippen molar-refractivity contribution in [2.75, 3.05) is 5.32 Å². The predicted molar refractivity (Wildman–Crippen MR) is 87.5 cm³/mol. The number of carbonyl (C=O) groups excluding carboxylic acids is 1. The molecular formula is C16H15BrF3N3O. The number of alkyl halides is 3. The van der Waals surface area contributed by atoms with Gasteiger partial charge in [-0.05, 0) is 46.1 Å². The van der Waals surface area contributed by atoms with Gasteiger partial charge in [0.25, 0.3) is 0 Å². The zero-order chi connectivity index (χ0) is 17.7. The summed E-state index contributed by atoms with van der Waals surface area (Å²) in [6.45, 7) is 1.95. The number of hydrogen-bond donors (Lipinski definition) is 1. The second kappa shape index (κ2) is 7.74. The summed E-state index contributed by atoms with van der Waals surface area (Å²) in [5.41, 5.74) is -0.127. The zero-order valence-electron chi connectivity index (χ0n) is 12.8. The molecule has 1 atom stereocenters. The monoisotopic (exact) mass is 401 g/mol. The third-order valence-electron chi connectivity index (χ3n) is 3.36. The van der Waals surface area contributed by atoms with E-state index in [1.807, 2.05) is 6.92 Å². The molecule has 2 aromatic heterocycles. The van der Waals surface area contributed by atoms with Crippen molar-refractivity contribution in [3.05, 3.63) is 52.4 Å². The third-order valence-corrected chi connectivity index (χ3v) is 3.80. The van der Waals surface area contributed by atoms with E-state index < -0.39 is 17.7 Å². The maximum atomic E-state index is 12.5. The number of anilines is 1. The minimum absolute atomic E-state index is 0.0806. The highest BCUT2D eigenvalue weighted by atomic mass is 79.9. The lowest BCUT2D eigenvalue weighted by Gasteiger charge is -2.16. The van der Waals surface area contributed by atoms with E-state index in [1.54, 1.807) is 18.5 Å². The van der Waals surface area contributed by atoms with Gasteiger partial charge in [0, 0.05) is 23.1 Å². The zero-order valence-corrected chi connectivity index (χ0v) is 14.4. The van der Waals surface area contributed by atoms with Gasteiger partial charge >= 0.3 is 6.18 Å². The number of nitrogens with zero attached hydrogens (tertiary/aromatic N) is 2. The molecule has 2 aromatic rings. The van der Waals surface area contributed by atoms with Crippen LogP contribution in [0.15, 0.2) is 41.3 Å². The van der Waals surface area contributed by atoms with Crippen LogP contribution in [-0.4, -0.2) is 15.9 Å². The van der Waals surface area contributed by atoms with Gasteiger partial charge in [0.2, 0.25) is 5.91 Å². The van der Waals surface area contributed by atoms with Crippen molar-refractivity contribution in [2.24, 2.45) is 0 Å². The van der Waals surface area contributed by atoms with Gasteiger partial charge in [-0.15, -0.1) is 0 Å². The smallest absolute Gasteiger partial charge is 0.310 e. The number of carbonyl (C=O) groups is 1. The maximum Gasteiger partial charge on any atom is 0.417 e. The van der Waals surface area contributed by atoms with E-state index in [9.17, 15) is 18.0 Å². The van der Waals surface area contributed by atoms with Crippen LogP contribution in [0.1, 0.15) is 36.8 Å². The first-order chi connectivity index (χ1) is 11.3. The normalized spacial score (nSPS) is 12.7. The molecule has 0 aliphatic rings. The van der Waals surface area contributed by atoms with Gasteiger partial charge in [-0.25, -0.2) is 4.98 Å². The van der Waals surface area contributed by atoms with Crippen LogP contribution in [0.5, 0.6) is 0 Å². The summed E-state index contributed by atoms with van der Waals surface area (Å²) in [6, 6.07) is 3.83. The number of amides is 1. The lowest BCUT2D eigenvalue weighted by molar-refractivity contribution is -0.137. The summed E-state index contributed by atoms with van der Waals surface area (Å²) < 4.78 is 38.3. The molecule has 0 spiro atoms. The molecule has 24 heavy (non-hydrogen) atoms. The second-order valence-corrected chi connectivity index (χ2v) is 6.11. The van der Waals surface area contributed by atoms with Crippen LogP contribution in [0, 0.1) is 0 Å². The Morgan fingerprint density at radius 1 is 1.29 bits per heavy atom. The molecule has 0 fully saturated rings. The minimum atomic E-state index is -4.46. The second-order valence-electron chi connectivity index (χ2n) is 5.20. The Bertz CT molecular complexity index is 704. The predicted octanol–water partition coefficient (Wildman–Crippen LogP) is 4.78. The average molecular weight is 402 g/mol. The number of pyridine rings is 2. The Labute approximate surface area is 145 Å². The van der Waals surface area contributed by atoms with Crippen LogP contribution in [0.4, 0.5) is 19.0 Å². The fourth-order valence-electron chi connectivity index (χ4n) is 2.21. The summed E-state index contributed by atoms with van der Waals surface area (Å²) in [5, 5.41) is 2.56. The lowest BCUT2D eigenvalue weighted by atomic mass is 9.95. The quantitative estimate of drug-likeness (QED) is 0.783. The van der Waals surface area contributed by atoms with E-state index in [4.69, 9.17) is 0 Å². The standard InChI is InChI=1S/C16H15BrF3N3O/c1-2-3-13(10-6-12(17)9-21-7-10)15(24)23-14-5-4-11(8-22-14)16(18,19)20/h4-9,13H,2-3H2,1H3,(H,22,23,24). The Balaban J connectivity index is 2.16. The van der Waals surface area contributed by atoms with Crippen LogP contribution >= 0.6 is 15.9 Å². The number of aromatic nitrogens is 2. The van der Waals surface area contributed by atoms with Crippen molar-refractivity contribution in [2.45, 2.75) is 31.9 Å². The highest BCUT2D eigenvalue weighted by molar-refractivity contribution is 9.10. The molecule has 0 aliphatic carbocycles. The van der Waals surface area contributed by atoms with Crippen molar-refractivity contribution in [1.82, 2.24) is 9.97 Å². The molecule has 1 amide bonds. The largest absolute Gasteiger partial charge is 0.417 e. The Kier molecular flexibility index (Phi) is 5.93. The highest BCUT2D eigenvalue weighted by Gasteiger charge is 2.30. The van der Waals surface area contributed by atoms with Gasteiger partial charge in [0.05, 0.1) is 11.5 Å². The van der Waals surface area contributed by atoms with Crippen LogP contribution < -0.4 is 5.32 Å². The number of nitrogens with one attached hydrogen (secondary N) is 1. The van der Waals surface area contributed by atoms with Crippen molar-refractivity contribution in [1.29, 1.82) is 0 Å². The van der Waals surface area contributed by atoms with Crippen LogP contribution in [0.25, 0.3) is 0 Å². The molecule has 1 unspecified atom stereocenters. The molecule has 4 nitrogen and oxygen atoms in total. The first kappa shape index (κ1) is 18.4. The van der Waals surface area contributed by atoms with Gasteiger partial charge in [-0.2, -0.15) is 13.2 Å². The molecule has 0 aromatic carbocycles. The Morgan fingerprint density at radius 2 is 2.04 bits per heavy atom. The first-order valence-electron chi connectivity index (χ1n) is 7.26. The summed E-state index contributed by atoms with van der Waals surface area (Å²) in [6.07, 6.45) is 0.815. The fraction of sp³-hybridized carbons (Fsp3) is 0.312. The molecular weight excluding hydrogens is 387 g/mol. The molecule has 128 valence electrons. The lowest BCUT2D eigenvalue weighted by Crippen LogP contribution is -2.22. The summed E-state index contributed by atoms with van der Waals surface area (Å²) in [5.74, 6) is -0.704.